The minimum absolute atomic E-state index is 0.467. The van der Waals surface area contributed by atoms with Crippen molar-refractivity contribution in [1.82, 2.24) is 0 Å². The average molecular weight is 205 g/mol. The predicted octanol–water partition coefficient (Wildman–Crippen LogP) is 1.99. The van der Waals surface area contributed by atoms with Gasteiger partial charge in [-0.05, 0) is 24.0 Å². The molecule has 1 fully saturated rings. The fourth-order valence-electron chi connectivity index (χ4n) is 2.49. The van der Waals surface area contributed by atoms with Gasteiger partial charge in [-0.25, -0.2) is 0 Å². The summed E-state index contributed by atoms with van der Waals surface area (Å²) in [6.07, 6.45) is 4.95. The van der Waals surface area contributed by atoms with E-state index in [0.717, 1.165) is 37.7 Å². The summed E-state index contributed by atoms with van der Waals surface area (Å²) in [6.45, 7) is 0.562. The Balaban J connectivity index is 2.16. The molecule has 0 unspecified atom stereocenters. The summed E-state index contributed by atoms with van der Waals surface area (Å²) in [4.78, 5) is 0. The van der Waals surface area contributed by atoms with Crippen LogP contribution < -0.4 is 5.73 Å². The Kier molecular flexibility index (Phi) is 3.08. The third kappa shape index (κ3) is 2.39. The standard InChI is InChI=1S/C13H19NO/c14-10-12-6-2-1-5-11(12)9-13(15)7-3-4-8-13/h1-2,5-6,15H,3-4,7-10,14H2. The maximum Gasteiger partial charge on any atom is 0.0688 e. The Morgan fingerprint density at radius 2 is 1.73 bits per heavy atom. The van der Waals surface area contributed by atoms with Gasteiger partial charge in [-0.1, -0.05) is 37.1 Å². The van der Waals surface area contributed by atoms with E-state index in [1.165, 1.54) is 5.56 Å². The molecule has 0 heterocycles. The van der Waals surface area contributed by atoms with Gasteiger partial charge in [0.25, 0.3) is 0 Å². The van der Waals surface area contributed by atoms with Crippen molar-refractivity contribution in [2.45, 2.75) is 44.2 Å². The molecule has 0 radical (unpaired) electrons. The molecule has 1 aromatic carbocycles. The zero-order chi connectivity index (χ0) is 10.7. The molecule has 0 aromatic heterocycles. The molecule has 2 nitrogen and oxygen atoms in total. The van der Waals surface area contributed by atoms with E-state index >= 15 is 0 Å². The number of hydrogen-bond acceptors (Lipinski definition) is 2. The van der Waals surface area contributed by atoms with E-state index in [1.54, 1.807) is 0 Å². The van der Waals surface area contributed by atoms with Crippen LogP contribution in [0.15, 0.2) is 24.3 Å². The summed E-state index contributed by atoms with van der Waals surface area (Å²) in [6, 6.07) is 8.16. The molecule has 82 valence electrons. The van der Waals surface area contributed by atoms with Gasteiger partial charge >= 0.3 is 0 Å². The first kappa shape index (κ1) is 10.7. The molecule has 0 spiro atoms. The summed E-state index contributed by atoms with van der Waals surface area (Å²) in [5.41, 5.74) is 7.60. The van der Waals surface area contributed by atoms with E-state index in [4.69, 9.17) is 5.73 Å². The van der Waals surface area contributed by atoms with Gasteiger partial charge in [0.1, 0.15) is 0 Å². The second-order valence-corrected chi connectivity index (χ2v) is 4.58. The van der Waals surface area contributed by atoms with Gasteiger partial charge in [0.2, 0.25) is 0 Å². The molecule has 0 saturated heterocycles. The molecule has 2 heteroatoms. The highest BCUT2D eigenvalue weighted by molar-refractivity contribution is 5.28. The second-order valence-electron chi connectivity index (χ2n) is 4.58. The Morgan fingerprint density at radius 3 is 2.33 bits per heavy atom. The molecule has 2 rings (SSSR count). The van der Waals surface area contributed by atoms with Crippen LogP contribution in [0.4, 0.5) is 0 Å². The third-order valence-corrected chi connectivity index (χ3v) is 3.39. The van der Waals surface area contributed by atoms with Gasteiger partial charge in [0.05, 0.1) is 5.60 Å². The Bertz CT molecular complexity index is 329. The lowest BCUT2D eigenvalue weighted by Gasteiger charge is -2.23. The Labute approximate surface area is 91.1 Å². The highest BCUT2D eigenvalue weighted by atomic mass is 16.3. The lowest BCUT2D eigenvalue weighted by molar-refractivity contribution is 0.0480. The lowest BCUT2D eigenvalue weighted by atomic mass is 9.90. The minimum atomic E-state index is -0.467. The van der Waals surface area contributed by atoms with Crippen LogP contribution in [-0.2, 0) is 13.0 Å². The number of aliphatic hydroxyl groups is 1. The second kappa shape index (κ2) is 4.33. The van der Waals surface area contributed by atoms with Crippen molar-refractivity contribution in [3.63, 3.8) is 0 Å². The molecular weight excluding hydrogens is 186 g/mol. The van der Waals surface area contributed by atoms with E-state index in [2.05, 4.69) is 6.07 Å². The summed E-state index contributed by atoms with van der Waals surface area (Å²) in [7, 11) is 0. The minimum Gasteiger partial charge on any atom is -0.390 e. The van der Waals surface area contributed by atoms with Crippen molar-refractivity contribution in [2.75, 3.05) is 0 Å². The lowest BCUT2D eigenvalue weighted by Crippen LogP contribution is -2.27. The van der Waals surface area contributed by atoms with Crippen LogP contribution in [0.1, 0.15) is 36.8 Å². The highest BCUT2D eigenvalue weighted by Crippen LogP contribution is 2.33. The fraction of sp³-hybridized carbons (Fsp3) is 0.538. The summed E-state index contributed by atoms with van der Waals surface area (Å²) < 4.78 is 0. The molecule has 3 N–H and O–H groups in total. The molecule has 1 aromatic rings. The van der Waals surface area contributed by atoms with Crippen molar-refractivity contribution in [2.24, 2.45) is 5.73 Å². The van der Waals surface area contributed by atoms with Crippen LogP contribution in [-0.4, -0.2) is 10.7 Å². The largest absolute Gasteiger partial charge is 0.390 e. The zero-order valence-electron chi connectivity index (χ0n) is 9.08. The molecule has 0 amide bonds. The fourth-order valence-corrected chi connectivity index (χ4v) is 2.49. The third-order valence-electron chi connectivity index (χ3n) is 3.39. The molecule has 0 aliphatic heterocycles. The first-order valence-corrected chi connectivity index (χ1v) is 5.73. The normalized spacial score (nSPS) is 19.3. The van der Waals surface area contributed by atoms with Crippen molar-refractivity contribution in [3.05, 3.63) is 35.4 Å². The smallest absolute Gasteiger partial charge is 0.0688 e. The van der Waals surface area contributed by atoms with Crippen LogP contribution in [0.5, 0.6) is 0 Å². The van der Waals surface area contributed by atoms with Gasteiger partial charge in [-0.2, -0.15) is 0 Å². The van der Waals surface area contributed by atoms with Crippen molar-refractivity contribution in [1.29, 1.82) is 0 Å². The van der Waals surface area contributed by atoms with Crippen LogP contribution in [0, 0.1) is 0 Å². The van der Waals surface area contributed by atoms with Crippen LogP contribution in [0.3, 0.4) is 0 Å². The zero-order valence-corrected chi connectivity index (χ0v) is 9.08. The van der Waals surface area contributed by atoms with E-state index in [0.29, 0.717) is 6.54 Å². The number of hydrogen-bond donors (Lipinski definition) is 2. The topological polar surface area (TPSA) is 46.2 Å². The van der Waals surface area contributed by atoms with Crippen LogP contribution >= 0.6 is 0 Å². The quantitative estimate of drug-likeness (QED) is 0.792. The molecule has 1 aliphatic carbocycles. The van der Waals surface area contributed by atoms with E-state index in [9.17, 15) is 5.11 Å². The number of benzene rings is 1. The summed E-state index contributed by atoms with van der Waals surface area (Å²) in [5, 5.41) is 10.3. The highest BCUT2D eigenvalue weighted by Gasteiger charge is 2.31. The van der Waals surface area contributed by atoms with Crippen molar-refractivity contribution < 1.29 is 5.11 Å². The van der Waals surface area contributed by atoms with Crippen molar-refractivity contribution >= 4 is 0 Å². The first-order chi connectivity index (χ1) is 7.23. The van der Waals surface area contributed by atoms with Gasteiger partial charge in [0.15, 0.2) is 0 Å². The summed E-state index contributed by atoms with van der Waals surface area (Å²) >= 11 is 0. The van der Waals surface area contributed by atoms with Gasteiger partial charge in [-0.15, -0.1) is 0 Å². The molecule has 1 saturated carbocycles. The van der Waals surface area contributed by atoms with Gasteiger partial charge in [0, 0.05) is 13.0 Å². The monoisotopic (exact) mass is 205 g/mol. The molecule has 1 aliphatic rings. The average Bonchev–Trinajstić information content (AvgIpc) is 2.66. The Hall–Kier alpha value is -0.860. The maximum atomic E-state index is 10.3. The van der Waals surface area contributed by atoms with E-state index in [1.807, 2.05) is 18.2 Å². The molecule has 0 atom stereocenters. The van der Waals surface area contributed by atoms with E-state index in [-0.39, 0.29) is 0 Å². The number of nitrogens with two attached hydrogens (primary N) is 1. The van der Waals surface area contributed by atoms with Crippen LogP contribution in [0.2, 0.25) is 0 Å². The SMILES string of the molecule is NCc1ccccc1CC1(O)CCCC1. The van der Waals surface area contributed by atoms with E-state index < -0.39 is 5.60 Å². The maximum absolute atomic E-state index is 10.3. The summed E-state index contributed by atoms with van der Waals surface area (Å²) in [5.74, 6) is 0. The van der Waals surface area contributed by atoms with Crippen molar-refractivity contribution in [3.8, 4) is 0 Å². The van der Waals surface area contributed by atoms with Crippen LogP contribution in [0.25, 0.3) is 0 Å². The first-order valence-electron chi connectivity index (χ1n) is 5.73. The molecule has 15 heavy (non-hydrogen) atoms. The van der Waals surface area contributed by atoms with Gasteiger partial charge in [-0.3, -0.25) is 0 Å². The number of rotatable bonds is 3. The Morgan fingerprint density at radius 1 is 1.13 bits per heavy atom. The molecular formula is C13H19NO. The predicted molar refractivity (Wildman–Crippen MR) is 61.5 cm³/mol. The molecule has 0 bridgehead atoms. The van der Waals surface area contributed by atoms with Gasteiger partial charge < -0.3 is 10.8 Å².